The van der Waals surface area contributed by atoms with Gasteiger partial charge in [-0.1, -0.05) is 18.7 Å². The van der Waals surface area contributed by atoms with Gasteiger partial charge in [-0.25, -0.2) is 4.68 Å². The Morgan fingerprint density at radius 2 is 2.33 bits per heavy atom. The van der Waals surface area contributed by atoms with Gasteiger partial charge in [-0.3, -0.25) is 4.79 Å². The van der Waals surface area contributed by atoms with Crippen LogP contribution in [0.2, 0.25) is 0 Å². The van der Waals surface area contributed by atoms with Gasteiger partial charge in [0.05, 0.1) is 11.6 Å². The Labute approximate surface area is 129 Å². The quantitative estimate of drug-likeness (QED) is 0.496. The Morgan fingerprint density at radius 3 is 2.95 bits per heavy atom. The van der Waals surface area contributed by atoms with Crippen LogP contribution in [-0.2, 0) is 4.79 Å². The number of carbonyl (C=O) groups is 1. The zero-order chi connectivity index (χ0) is 15.3. The van der Waals surface area contributed by atoms with E-state index in [1.807, 2.05) is 11.6 Å². The van der Waals surface area contributed by atoms with Gasteiger partial charge in [-0.2, -0.15) is 0 Å². The van der Waals surface area contributed by atoms with Crippen LogP contribution in [0.4, 0.5) is 0 Å². The Bertz CT molecular complexity index is 475. The van der Waals surface area contributed by atoms with Gasteiger partial charge in [-0.05, 0) is 56.0 Å². The van der Waals surface area contributed by atoms with Gasteiger partial charge in [0.25, 0.3) is 0 Å². The molecule has 0 radical (unpaired) electrons. The fourth-order valence-corrected chi connectivity index (χ4v) is 3.00. The third kappa shape index (κ3) is 4.41. The number of hydrogen-bond acceptors (Lipinski definition) is 6. The van der Waals surface area contributed by atoms with Gasteiger partial charge in [0.15, 0.2) is 0 Å². The summed E-state index contributed by atoms with van der Waals surface area (Å²) in [6.45, 7) is 4.75. The van der Waals surface area contributed by atoms with Crippen LogP contribution in [0, 0.1) is 0 Å². The molecule has 1 amide bonds. The van der Waals surface area contributed by atoms with Gasteiger partial charge in [0.2, 0.25) is 11.1 Å². The molecule has 2 rings (SSSR count). The molecule has 21 heavy (non-hydrogen) atoms. The van der Waals surface area contributed by atoms with Crippen molar-refractivity contribution in [1.29, 1.82) is 0 Å². The molecule has 1 saturated carbocycles. The fraction of sp³-hybridized carbons (Fsp3) is 0.846. The van der Waals surface area contributed by atoms with Crippen LogP contribution in [0.25, 0.3) is 0 Å². The van der Waals surface area contributed by atoms with Crippen LogP contribution in [-0.4, -0.2) is 44.0 Å². The van der Waals surface area contributed by atoms with Crippen LogP contribution in [0.15, 0.2) is 5.16 Å². The van der Waals surface area contributed by atoms with E-state index in [9.17, 15) is 4.79 Å². The number of nitrogens with two attached hydrogens (primary N) is 1. The average molecular weight is 312 g/mol. The summed E-state index contributed by atoms with van der Waals surface area (Å²) >= 11 is 1.65. The van der Waals surface area contributed by atoms with E-state index in [1.165, 1.54) is 12.8 Å². The van der Waals surface area contributed by atoms with E-state index in [-0.39, 0.29) is 5.91 Å². The van der Waals surface area contributed by atoms with Crippen molar-refractivity contribution < 1.29 is 4.79 Å². The largest absolute Gasteiger partial charge is 0.368 e. The summed E-state index contributed by atoms with van der Waals surface area (Å²) in [5.74, 6) is 0.591. The molecule has 0 bridgehead atoms. The molecule has 8 heteroatoms. The number of carbonyl (C=O) groups excluding carboxylic acids is 1. The highest BCUT2D eigenvalue weighted by molar-refractivity contribution is 7.99. The van der Waals surface area contributed by atoms with Crippen LogP contribution < -0.4 is 11.1 Å². The lowest BCUT2D eigenvalue weighted by Gasteiger charge is -2.27. The van der Waals surface area contributed by atoms with E-state index in [2.05, 4.69) is 27.8 Å². The van der Waals surface area contributed by atoms with Crippen molar-refractivity contribution in [3.05, 3.63) is 0 Å². The lowest BCUT2D eigenvalue weighted by Crippen LogP contribution is -2.53. The molecular weight excluding hydrogens is 288 g/mol. The van der Waals surface area contributed by atoms with Gasteiger partial charge < -0.3 is 11.1 Å². The maximum Gasteiger partial charge on any atom is 0.237 e. The second-order valence-corrected chi connectivity index (χ2v) is 6.77. The monoisotopic (exact) mass is 312 g/mol. The molecule has 0 aliphatic heterocycles. The summed E-state index contributed by atoms with van der Waals surface area (Å²) in [5, 5.41) is 15.9. The second kappa shape index (κ2) is 7.22. The summed E-state index contributed by atoms with van der Waals surface area (Å²) < 4.78 is 1.91. The second-order valence-electron chi connectivity index (χ2n) is 5.71. The number of hydrogen-bond donors (Lipinski definition) is 2. The lowest BCUT2D eigenvalue weighted by molar-refractivity contribution is -0.124. The van der Waals surface area contributed by atoms with Crippen LogP contribution in [0.5, 0.6) is 0 Å². The number of tetrazole rings is 1. The summed E-state index contributed by atoms with van der Waals surface area (Å²) in [7, 11) is 0. The minimum Gasteiger partial charge on any atom is -0.368 e. The maximum atomic E-state index is 11.6. The van der Waals surface area contributed by atoms with E-state index in [4.69, 9.17) is 5.73 Å². The van der Waals surface area contributed by atoms with E-state index >= 15 is 0 Å². The first-order chi connectivity index (χ1) is 10.1. The highest BCUT2D eigenvalue weighted by Crippen LogP contribution is 2.36. The zero-order valence-electron chi connectivity index (χ0n) is 12.7. The summed E-state index contributed by atoms with van der Waals surface area (Å²) in [6.07, 6.45) is 4.92. The van der Waals surface area contributed by atoms with Crippen molar-refractivity contribution in [3.63, 3.8) is 0 Å². The molecule has 0 saturated heterocycles. The lowest BCUT2D eigenvalue weighted by atomic mass is 9.95. The first kappa shape index (κ1) is 16.2. The number of amides is 1. The highest BCUT2D eigenvalue weighted by atomic mass is 32.2. The molecule has 1 aliphatic carbocycles. The van der Waals surface area contributed by atoms with Gasteiger partial charge >= 0.3 is 0 Å². The predicted molar refractivity (Wildman–Crippen MR) is 81.9 cm³/mol. The SMILES string of the molecule is CCCNC(C)(CCCSc1nnnn1C1CC1)C(N)=O. The third-order valence-corrected chi connectivity index (χ3v) is 4.74. The minimum absolute atomic E-state index is 0.288. The van der Waals surface area contributed by atoms with E-state index in [0.29, 0.717) is 6.04 Å². The molecule has 118 valence electrons. The standard InChI is InChI=1S/C13H24N6OS/c1-3-8-15-13(2,11(14)20)7-4-9-21-12-16-17-18-19(12)10-5-6-10/h10,15H,3-9H2,1-2H3,(H2,14,20). The fourth-order valence-electron chi connectivity index (χ4n) is 2.12. The normalized spacial score (nSPS) is 17.6. The predicted octanol–water partition coefficient (Wildman–Crippen LogP) is 1.12. The van der Waals surface area contributed by atoms with E-state index in [1.54, 1.807) is 11.8 Å². The molecule has 7 nitrogen and oxygen atoms in total. The Morgan fingerprint density at radius 1 is 1.57 bits per heavy atom. The molecule has 1 atom stereocenters. The summed E-state index contributed by atoms with van der Waals surface area (Å²) in [5.41, 5.74) is 4.89. The topological polar surface area (TPSA) is 98.7 Å². The molecule has 1 heterocycles. The van der Waals surface area contributed by atoms with Crippen molar-refractivity contribution in [2.45, 2.75) is 62.7 Å². The van der Waals surface area contributed by atoms with Gasteiger partial charge in [0, 0.05) is 5.75 Å². The van der Waals surface area contributed by atoms with E-state index in [0.717, 1.165) is 36.7 Å². The minimum atomic E-state index is -0.626. The molecule has 1 unspecified atom stereocenters. The Kier molecular flexibility index (Phi) is 5.58. The van der Waals surface area contributed by atoms with Crippen LogP contribution in [0.1, 0.15) is 52.0 Å². The molecule has 1 aromatic heterocycles. The van der Waals surface area contributed by atoms with Crippen molar-refractivity contribution in [1.82, 2.24) is 25.5 Å². The Hall–Kier alpha value is -1.15. The number of rotatable bonds is 10. The first-order valence-corrected chi connectivity index (χ1v) is 8.51. The third-order valence-electron chi connectivity index (χ3n) is 3.72. The van der Waals surface area contributed by atoms with Crippen molar-refractivity contribution in [2.24, 2.45) is 5.73 Å². The molecule has 1 aliphatic rings. The molecule has 0 spiro atoms. The highest BCUT2D eigenvalue weighted by Gasteiger charge is 2.30. The number of thioether (sulfide) groups is 1. The Balaban J connectivity index is 1.77. The molecule has 0 aromatic carbocycles. The van der Waals surface area contributed by atoms with Crippen molar-refractivity contribution in [3.8, 4) is 0 Å². The summed E-state index contributed by atoms with van der Waals surface area (Å²) in [6, 6.07) is 0.490. The van der Waals surface area contributed by atoms with Crippen LogP contribution in [0.3, 0.4) is 0 Å². The maximum absolute atomic E-state index is 11.6. The van der Waals surface area contributed by atoms with Gasteiger partial charge in [-0.15, -0.1) is 5.10 Å². The number of nitrogens with one attached hydrogen (secondary N) is 1. The average Bonchev–Trinajstić information content (AvgIpc) is 3.20. The number of aromatic nitrogens is 4. The van der Waals surface area contributed by atoms with Crippen molar-refractivity contribution >= 4 is 17.7 Å². The molecule has 1 aromatic rings. The number of nitrogens with zero attached hydrogens (tertiary/aromatic N) is 4. The molecule has 3 N–H and O–H groups in total. The van der Waals surface area contributed by atoms with E-state index < -0.39 is 5.54 Å². The smallest absolute Gasteiger partial charge is 0.237 e. The zero-order valence-corrected chi connectivity index (χ0v) is 13.5. The first-order valence-electron chi connectivity index (χ1n) is 7.52. The summed E-state index contributed by atoms with van der Waals surface area (Å²) in [4.78, 5) is 11.6. The van der Waals surface area contributed by atoms with Crippen LogP contribution >= 0.6 is 11.8 Å². The molecule has 1 fully saturated rings. The number of primary amides is 1. The van der Waals surface area contributed by atoms with Gasteiger partial charge in [0.1, 0.15) is 0 Å². The van der Waals surface area contributed by atoms with Crippen molar-refractivity contribution in [2.75, 3.05) is 12.3 Å². The molecular formula is C13H24N6OS.